The number of amides is 2. The fourth-order valence-corrected chi connectivity index (χ4v) is 3.86. The number of carbonyl (C=O) groups excluding carboxylic acids is 2. The SMILES string of the molecule is O=C(Cc1ccccc1)NNC(=S)NC(=O)c1sc2ccccc2c1Cl. The molecule has 0 spiro atoms. The molecule has 0 aliphatic carbocycles. The first-order chi connectivity index (χ1) is 12.5. The molecule has 3 rings (SSSR count). The van der Waals surface area contributed by atoms with E-state index in [4.69, 9.17) is 23.8 Å². The molecular weight excluding hydrogens is 390 g/mol. The Balaban J connectivity index is 1.55. The summed E-state index contributed by atoms with van der Waals surface area (Å²) in [6.45, 7) is 0. The molecule has 3 N–H and O–H groups in total. The number of rotatable bonds is 3. The van der Waals surface area contributed by atoms with Gasteiger partial charge in [-0.2, -0.15) is 0 Å². The van der Waals surface area contributed by atoms with Gasteiger partial charge in [-0.3, -0.25) is 25.8 Å². The third kappa shape index (κ3) is 4.37. The van der Waals surface area contributed by atoms with Crippen molar-refractivity contribution >= 4 is 62.2 Å². The minimum Gasteiger partial charge on any atom is -0.297 e. The summed E-state index contributed by atoms with van der Waals surface area (Å²) in [5.74, 6) is -0.696. The van der Waals surface area contributed by atoms with Gasteiger partial charge in [0.25, 0.3) is 5.91 Å². The van der Waals surface area contributed by atoms with Crippen LogP contribution in [0.15, 0.2) is 54.6 Å². The smallest absolute Gasteiger partial charge is 0.269 e. The molecule has 132 valence electrons. The zero-order valence-corrected chi connectivity index (χ0v) is 15.8. The maximum absolute atomic E-state index is 12.4. The molecule has 26 heavy (non-hydrogen) atoms. The van der Waals surface area contributed by atoms with Gasteiger partial charge in [0.2, 0.25) is 5.91 Å². The summed E-state index contributed by atoms with van der Waals surface area (Å²) >= 11 is 12.6. The molecule has 0 unspecified atom stereocenters. The van der Waals surface area contributed by atoms with Gasteiger partial charge in [0, 0.05) is 10.1 Å². The van der Waals surface area contributed by atoms with Crippen molar-refractivity contribution in [3.05, 3.63) is 70.1 Å². The molecule has 3 aromatic rings. The third-order valence-electron chi connectivity index (χ3n) is 3.49. The van der Waals surface area contributed by atoms with Crippen LogP contribution in [-0.4, -0.2) is 16.9 Å². The first kappa shape index (κ1) is 18.3. The van der Waals surface area contributed by atoms with Gasteiger partial charge >= 0.3 is 0 Å². The lowest BCUT2D eigenvalue weighted by atomic mass is 10.1. The van der Waals surface area contributed by atoms with E-state index in [0.717, 1.165) is 15.6 Å². The minimum atomic E-state index is -0.425. The van der Waals surface area contributed by atoms with E-state index in [1.54, 1.807) is 0 Å². The topological polar surface area (TPSA) is 70.2 Å². The molecule has 0 saturated heterocycles. The van der Waals surface area contributed by atoms with Crippen LogP contribution in [0.2, 0.25) is 5.02 Å². The lowest BCUT2D eigenvalue weighted by Gasteiger charge is -2.10. The average Bonchev–Trinajstić information content (AvgIpc) is 2.98. The summed E-state index contributed by atoms with van der Waals surface area (Å²) < 4.78 is 0.915. The van der Waals surface area contributed by atoms with Gasteiger partial charge in [0.05, 0.1) is 11.4 Å². The van der Waals surface area contributed by atoms with Crippen LogP contribution in [-0.2, 0) is 11.2 Å². The van der Waals surface area contributed by atoms with Gasteiger partial charge < -0.3 is 0 Å². The van der Waals surface area contributed by atoms with Gasteiger partial charge in [-0.05, 0) is 23.8 Å². The van der Waals surface area contributed by atoms with Crippen molar-refractivity contribution in [3.63, 3.8) is 0 Å². The second-order valence-corrected chi connectivity index (χ2v) is 7.20. The van der Waals surface area contributed by atoms with Gasteiger partial charge in [0.1, 0.15) is 4.88 Å². The normalized spacial score (nSPS) is 10.3. The van der Waals surface area contributed by atoms with E-state index < -0.39 is 5.91 Å². The van der Waals surface area contributed by atoms with Crippen LogP contribution >= 0.6 is 35.2 Å². The molecule has 0 radical (unpaired) electrons. The predicted octanol–water partition coefficient (Wildman–Crippen LogP) is 3.43. The molecule has 1 aromatic heterocycles. The molecule has 8 heteroatoms. The molecule has 5 nitrogen and oxygen atoms in total. The van der Waals surface area contributed by atoms with Crippen LogP contribution < -0.4 is 16.2 Å². The summed E-state index contributed by atoms with van der Waals surface area (Å²) in [6, 6.07) is 16.8. The maximum Gasteiger partial charge on any atom is 0.269 e. The Hall–Kier alpha value is -2.48. The Labute approximate surface area is 164 Å². The number of hydrogen-bond donors (Lipinski definition) is 3. The molecule has 0 fully saturated rings. The molecule has 1 heterocycles. The summed E-state index contributed by atoms with van der Waals surface area (Å²) in [5.41, 5.74) is 5.85. The van der Waals surface area contributed by atoms with Crippen molar-refractivity contribution in [2.45, 2.75) is 6.42 Å². The number of halogens is 1. The maximum atomic E-state index is 12.4. The molecule has 2 aromatic carbocycles. The Bertz CT molecular complexity index is 973. The number of fused-ring (bicyclic) bond motifs is 1. The van der Waals surface area contributed by atoms with E-state index in [-0.39, 0.29) is 17.4 Å². The molecule has 0 aliphatic heterocycles. The van der Waals surface area contributed by atoms with Crippen molar-refractivity contribution in [2.75, 3.05) is 0 Å². The molecule has 0 saturated carbocycles. The second kappa shape index (κ2) is 8.27. The van der Waals surface area contributed by atoms with Gasteiger partial charge in [0.15, 0.2) is 5.11 Å². The third-order valence-corrected chi connectivity index (χ3v) is 5.37. The summed E-state index contributed by atoms with van der Waals surface area (Å²) in [6.07, 6.45) is 0.201. The highest BCUT2D eigenvalue weighted by atomic mass is 35.5. The van der Waals surface area contributed by atoms with E-state index in [9.17, 15) is 9.59 Å². The monoisotopic (exact) mass is 403 g/mol. The lowest BCUT2D eigenvalue weighted by Crippen LogP contribution is -2.48. The van der Waals surface area contributed by atoms with E-state index in [1.165, 1.54) is 11.3 Å². The van der Waals surface area contributed by atoms with Crippen molar-refractivity contribution in [2.24, 2.45) is 0 Å². The summed E-state index contributed by atoms with van der Waals surface area (Å²) in [4.78, 5) is 24.6. The number of nitrogens with one attached hydrogen (secondary N) is 3. The number of thiophene rings is 1. The highest BCUT2D eigenvalue weighted by molar-refractivity contribution is 7.80. The van der Waals surface area contributed by atoms with Crippen molar-refractivity contribution in [1.82, 2.24) is 16.2 Å². The Morgan fingerprint density at radius 2 is 1.69 bits per heavy atom. The fourth-order valence-electron chi connectivity index (χ4n) is 2.30. The number of hydrogen-bond acceptors (Lipinski definition) is 4. The Morgan fingerprint density at radius 1 is 1.00 bits per heavy atom. The molecule has 0 aliphatic rings. The number of thiocarbonyl (C=S) groups is 1. The second-order valence-electron chi connectivity index (χ2n) is 5.36. The number of benzene rings is 2. The van der Waals surface area contributed by atoms with Crippen LogP contribution in [0.25, 0.3) is 10.1 Å². The summed E-state index contributed by atoms with van der Waals surface area (Å²) in [5, 5.41) is 3.71. The predicted molar refractivity (Wildman–Crippen MR) is 108 cm³/mol. The van der Waals surface area contributed by atoms with Crippen molar-refractivity contribution in [1.29, 1.82) is 0 Å². The van der Waals surface area contributed by atoms with Crippen LogP contribution in [0.5, 0.6) is 0 Å². The van der Waals surface area contributed by atoms with Gasteiger partial charge in [-0.25, -0.2) is 0 Å². The van der Waals surface area contributed by atoms with Crippen molar-refractivity contribution in [3.8, 4) is 0 Å². The van der Waals surface area contributed by atoms with Gasteiger partial charge in [-0.15, -0.1) is 11.3 Å². The Morgan fingerprint density at radius 3 is 2.42 bits per heavy atom. The average molecular weight is 404 g/mol. The molecule has 2 amide bonds. The molecule has 0 atom stereocenters. The highest BCUT2D eigenvalue weighted by Crippen LogP contribution is 2.34. The van der Waals surface area contributed by atoms with E-state index in [1.807, 2.05) is 54.6 Å². The van der Waals surface area contributed by atoms with Crippen LogP contribution in [0.1, 0.15) is 15.2 Å². The molecular formula is C18H14ClN3O2S2. The standard InChI is InChI=1S/C18H14ClN3O2S2/c19-15-12-8-4-5-9-13(12)26-16(15)17(24)20-18(25)22-21-14(23)10-11-6-2-1-3-7-11/h1-9H,10H2,(H,21,23)(H2,20,22,24,25). The van der Waals surface area contributed by atoms with E-state index in [2.05, 4.69) is 16.2 Å². The van der Waals surface area contributed by atoms with E-state index in [0.29, 0.717) is 9.90 Å². The molecule has 0 bridgehead atoms. The lowest BCUT2D eigenvalue weighted by molar-refractivity contribution is -0.121. The minimum absolute atomic E-state index is 0.00932. The quantitative estimate of drug-likeness (QED) is 0.463. The zero-order valence-electron chi connectivity index (χ0n) is 13.4. The van der Waals surface area contributed by atoms with Crippen LogP contribution in [0.3, 0.4) is 0 Å². The zero-order chi connectivity index (χ0) is 18.5. The van der Waals surface area contributed by atoms with E-state index >= 15 is 0 Å². The first-order valence-corrected chi connectivity index (χ1v) is 9.26. The number of carbonyl (C=O) groups is 2. The fraction of sp³-hybridized carbons (Fsp3) is 0.0556. The van der Waals surface area contributed by atoms with Crippen LogP contribution in [0, 0.1) is 0 Å². The number of hydrazine groups is 1. The largest absolute Gasteiger partial charge is 0.297 e. The Kier molecular flexibility index (Phi) is 5.82. The highest BCUT2D eigenvalue weighted by Gasteiger charge is 2.17. The van der Waals surface area contributed by atoms with Gasteiger partial charge in [-0.1, -0.05) is 60.1 Å². The first-order valence-electron chi connectivity index (χ1n) is 7.65. The van der Waals surface area contributed by atoms with Crippen molar-refractivity contribution < 1.29 is 9.59 Å². The summed E-state index contributed by atoms with van der Waals surface area (Å²) in [7, 11) is 0. The van der Waals surface area contributed by atoms with Crippen LogP contribution in [0.4, 0.5) is 0 Å².